The molecule has 3 aromatic rings. The average molecular weight is 504 g/mol. The fourth-order valence-corrected chi connectivity index (χ4v) is 4.05. The van der Waals surface area contributed by atoms with Crippen molar-refractivity contribution in [3.63, 3.8) is 0 Å². The van der Waals surface area contributed by atoms with Gasteiger partial charge in [-0.2, -0.15) is 0 Å². The minimum Gasteiger partial charge on any atom is -0.496 e. The molecule has 1 heterocycles. The molecule has 1 aromatic heterocycles. The van der Waals surface area contributed by atoms with Gasteiger partial charge in [-0.3, -0.25) is 4.79 Å². The van der Waals surface area contributed by atoms with Crippen LogP contribution in [-0.4, -0.2) is 27.2 Å². The molecule has 0 atom stereocenters. The summed E-state index contributed by atoms with van der Waals surface area (Å²) in [5.74, 6) is 2.13. The lowest BCUT2D eigenvalue weighted by molar-refractivity contribution is 0.0991. The minimum absolute atomic E-state index is 0.0822. The Kier molecular flexibility index (Phi) is 7.35. The fraction of sp³-hybridized carbons (Fsp3) is 0.292. The number of aryl methyl sites for hydroxylation is 1. The van der Waals surface area contributed by atoms with E-state index in [0.29, 0.717) is 34.6 Å². The normalized spacial score (nSPS) is 10.8. The van der Waals surface area contributed by atoms with Crippen molar-refractivity contribution in [3.8, 4) is 28.9 Å². The third-order valence-electron chi connectivity index (χ3n) is 4.89. The molecule has 0 radical (unpaired) electrons. The maximum absolute atomic E-state index is 12.8. The average Bonchev–Trinajstić information content (AvgIpc) is 3.24. The highest BCUT2D eigenvalue weighted by atomic mass is 79.9. The topological polar surface area (TPSA) is 79.2 Å². The number of hydrogen-bond donors (Lipinski definition) is 1. The summed E-state index contributed by atoms with van der Waals surface area (Å²) >= 11 is 3.59. The number of hydrogen-bond acceptors (Lipinski definition) is 6. The van der Waals surface area contributed by atoms with Crippen LogP contribution >= 0.6 is 15.9 Å². The Bertz CT molecular complexity index is 1100. The van der Waals surface area contributed by atoms with Gasteiger partial charge in [-0.15, -0.1) is 0 Å². The monoisotopic (exact) mass is 503 g/mol. The van der Waals surface area contributed by atoms with Gasteiger partial charge in [0.2, 0.25) is 0 Å². The summed E-state index contributed by atoms with van der Waals surface area (Å²) in [5, 5.41) is 2.77. The highest BCUT2D eigenvalue weighted by Crippen LogP contribution is 2.39. The van der Waals surface area contributed by atoms with Gasteiger partial charge in [-0.1, -0.05) is 29.8 Å². The van der Waals surface area contributed by atoms with Crippen LogP contribution in [0.1, 0.15) is 41.4 Å². The van der Waals surface area contributed by atoms with Gasteiger partial charge in [-0.25, -0.2) is 0 Å². The quantitative estimate of drug-likeness (QED) is 0.375. The Balaban J connectivity index is 1.83. The van der Waals surface area contributed by atoms with Gasteiger partial charge in [0.1, 0.15) is 28.7 Å². The Labute approximate surface area is 195 Å². The second-order valence-corrected chi connectivity index (χ2v) is 8.23. The first-order valence-corrected chi connectivity index (χ1v) is 10.8. The van der Waals surface area contributed by atoms with E-state index in [9.17, 15) is 4.79 Å². The second-order valence-electron chi connectivity index (χ2n) is 7.38. The summed E-state index contributed by atoms with van der Waals surface area (Å²) in [4.78, 5) is 12.8. The van der Waals surface area contributed by atoms with Crippen molar-refractivity contribution in [2.75, 3.05) is 26.6 Å². The molecule has 0 aliphatic rings. The van der Waals surface area contributed by atoms with E-state index in [-0.39, 0.29) is 11.7 Å². The summed E-state index contributed by atoms with van der Waals surface area (Å²) in [6.45, 7) is 6.16. The lowest BCUT2D eigenvalue weighted by Crippen LogP contribution is -2.13. The Morgan fingerprint density at radius 1 is 0.969 bits per heavy atom. The second kappa shape index (κ2) is 9.99. The number of carbonyl (C=O) groups is 1. The number of ether oxygens (including phenoxy) is 4. The Morgan fingerprint density at radius 2 is 1.62 bits per heavy atom. The van der Waals surface area contributed by atoms with Crippen LogP contribution in [0.25, 0.3) is 0 Å². The number of anilines is 1. The number of rotatable bonds is 8. The van der Waals surface area contributed by atoms with Gasteiger partial charge in [0.05, 0.1) is 21.3 Å². The van der Waals surface area contributed by atoms with Crippen molar-refractivity contribution >= 4 is 27.5 Å². The van der Waals surface area contributed by atoms with Crippen molar-refractivity contribution in [2.45, 2.75) is 26.7 Å². The van der Waals surface area contributed by atoms with Crippen molar-refractivity contribution in [3.05, 3.63) is 57.8 Å². The number of amides is 1. The number of furan rings is 1. The van der Waals surface area contributed by atoms with Crippen LogP contribution in [0.2, 0.25) is 0 Å². The van der Waals surface area contributed by atoms with Gasteiger partial charge in [0.25, 0.3) is 11.9 Å². The standard InChI is InChI=1S/C24H26BrNO6/c1-13(2)16-12-19(14(3)9-17(16)25)32-22-8-7-18(31-22)24(27)26-23-20(29-5)10-15(28-4)11-21(23)30-6/h7-13H,1-6H3,(H,26,27). The molecule has 0 bridgehead atoms. The maximum Gasteiger partial charge on any atom is 0.291 e. The van der Waals surface area contributed by atoms with Gasteiger partial charge in [-0.05, 0) is 42.2 Å². The first kappa shape index (κ1) is 23.5. The molecule has 32 heavy (non-hydrogen) atoms. The molecule has 0 unspecified atom stereocenters. The Morgan fingerprint density at radius 3 is 2.19 bits per heavy atom. The molecule has 0 fully saturated rings. The van der Waals surface area contributed by atoms with E-state index in [0.717, 1.165) is 15.6 Å². The summed E-state index contributed by atoms with van der Waals surface area (Å²) in [5.41, 5.74) is 2.43. The zero-order valence-corrected chi connectivity index (χ0v) is 20.5. The van der Waals surface area contributed by atoms with E-state index in [1.807, 2.05) is 19.1 Å². The minimum atomic E-state index is -0.475. The van der Waals surface area contributed by atoms with E-state index in [2.05, 4.69) is 35.1 Å². The SMILES string of the molecule is COc1cc(OC)c(NC(=O)c2ccc(Oc3cc(C(C)C)c(Br)cc3C)o2)c(OC)c1. The summed E-state index contributed by atoms with van der Waals surface area (Å²) in [6.07, 6.45) is 0. The van der Waals surface area contributed by atoms with Crippen LogP contribution in [0.15, 0.2) is 45.3 Å². The third kappa shape index (κ3) is 5.02. The number of methoxy groups -OCH3 is 3. The smallest absolute Gasteiger partial charge is 0.291 e. The molecule has 3 rings (SSSR count). The molecule has 0 saturated carbocycles. The molecule has 1 amide bonds. The van der Waals surface area contributed by atoms with Crippen LogP contribution in [0, 0.1) is 6.92 Å². The lowest BCUT2D eigenvalue weighted by atomic mass is 10.0. The van der Waals surface area contributed by atoms with Crippen molar-refractivity contribution in [2.24, 2.45) is 0 Å². The number of nitrogens with one attached hydrogen (secondary N) is 1. The van der Waals surface area contributed by atoms with Crippen LogP contribution in [0.5, 0.6) is 28.9 Å². The lowest BCUT2D eigenvalue weighted by Gasteiger charge is -2.15. The Hall–Kier alpha value is -3.13. The van der Waals surface area contributed by atoms with Crippen molar-refractivity contribution < 1.29 is 28.2 Å². The van der Waals surface area contributed by atoms with E-state index in [1.165, 1.54) is 21.3 Å². The zero-order chi connectivity index (χ0) is 23.4. The first-order valence-electron chi connectivity index (χ1n) is 9.96. The van der Waals surface area contributed by atoms with Crippen LogP contribution < -0.4 is 24.3 Å². The molecule has 0 aliphatic heterocycles. The van der Waals surface area contributed by atoms with Crippen LogP contribution in [0.3, 0.4) is 0 Å². The predicted octanol–water partition coefficient (Wildman–Crippen LogP) is 6.54. The molecule has 0 aliphatic carbocycles. The maximum atomic E-state index is 12.8. The molecular formula is C24H26BrNO6. The number of benzene rings is 2. The van der Waals surface area contributed by atoms with E-state index >= 15 is 0 Å². The zero-order valence-electron chi connectivity index (χ0n) is 18.9. The number of halogens is 1. The molecule has 170 valence electrons. The van der Waals surface area contributed by atoms with E-state index < -0.39 is 5.91 Å². The highest BCUT2D eigenvalue weighted by molar-refractivity contribution is 9.10. The molecular weight excluding hydrogens is 478 g/mol. The highest BCUT2D eigenvalue weighted by Gasteiger charge is 2.20. The van der Waals surface area contributed by atoms with Gasteiger partial charge < -0.3 is 28.7 Å². The van der Waals surface area contributed by atoms with Gasteiger partial charge >= 0.3 is 0 Å². The van der Waals surface area contributed by atoms with Crippen molar-refractivity contribution in [1.29, 1.82) is 0 Å². The summed E-state index contributed by atoms with van der Waals surface area (Å²) < 4.78 is 28.6. The molecule has 7 nitrogen and oxygen atoms in total. The van der Waals surface area contributed by atoms with Gasteiger partial charge in [0.15, 0.2) is 5.76 Å². The molecule has 0 spiro atoms. The first-order chi connectivity index (χ1) is 15.3. The fourth-order valence-electron chi connectivity index (χ4n) is 3.13. The molecule has 2 aromatic carbocycles. The molecule has 8 heteroatoms. The van der Waals surface area contributed by atoms with Crippen LogP contribution in [0.4, 0.5) is 5.69 Å². The summed E-state index contributed by atoms with van der Waals surface area (Å²) in [7, 11) is 4.53. The van der Waals surface area contributed by atoms with Crippen molar-refractivity contribution in [1.82, 2.24) is 0 Å². The third-order valence-corrected chi connectivity index (χ3v) is 5.57. The summed E-state index contributed by atoms with van der Waals surface area (Å²) in [6, 6.07) is 10.4. The van der Waals surface area contributed by atoms with Gasteiger partial charge in [0, 0.05) is 22.7 Å². The van der Waals surface area contributed by atoms with E-state index in [1.54, 1.807) is 24.3 Å². The van der Waals surface area contributed by atoms with Crippen LogP contribution in [-0.2, 0) is 0 Å². The molecule has 1 N–H and O–H groups in total. The number of carbonyl (C=O) groups excluding carboxylic acids is 1. The largest absolute Gasteiger partial charge is 0.496 e. The molecule has 0 saturated heterocycles. The predicted molar refractivity (Wildman–Crippen MR) is 126 cm³/mol. The van der Waals surface area contributed by atoms with E-state index in [4.69, 9.17) is 23.4 Å².